The van der Waals surface area contributed by atoms with Crippen LogP contribution in [0.15, 0.2) is 46.6 Å². The number of imidazole rings is 1. The molecule has 4 N–H and O–H groups in total. The molecule has 3 aromatic rings. The number of H-pyrrole nitrogens is 1. The zero-order chi connectivity index (χ0) is 15.7. The second kappa shape index (κ2) is 5.17. The van der Waals surface area contributed by atoms with Gasteiger partial charge >= 0.3 is 5.97 Å². The zero-order valence-electron chi connectivity index (χ0n) is 11.1. The second-order valence-electron chi connectivity index (χ2n) is 4.44. The lowest BCUT2D eigenvalue weighted by Gasteiger charge is -2.02. The fourth-order valence-electron chi connectivity index (χ4n) is 1.91. The van der Waals surface area contributed by atoms with Crippen LogP contribution in [0.2, 0.25) is 0 Å². The van der Waals surface area contributed by atoms with Crippen LogP contribution in [0.1, 0.15) is 10.4 Å². The van der Waals surface area contributed by atoms with Gasteiger partial charge in [-0.05, 0) is 18.2 Å². The Kier molecular flexibility index (Phi) is 3.18. The molecule has 0 amide bonds. The Hall–Kier alpha value is -3.42. The normalized spacial score (nSPS) is 11.3. The molecular formula is C14H10N4O4. The van der Waals surface area contributed by atoms with E-state index in [1.54, 1.807) is 6.07 Å². The van der Waals surface area contributed by atoms with Crippen LogP contribution in [0.3, 0.4) is 0 Å². The number of aromatic amines is 1. The number of carbonyl (C=O) groups is 1. The van der Waals surface area contributed by atoms with E-state index in [1.165, 1.54) is 0 Å². The van der Waals surface area contributed by atoms with Gasteiger partial charge in [0.15, 0.2) is 0 Å². The number of para-hydroxylation sites is 2. The highest BCUT2D eigenvalue weighted by atomic mass is 16.4. The average Bonchev–Trinajstić information content (AvgIpc) is 2.88. The molecular weight excluding hydrogens is 288 g/mol. The van der Waals surface area contributed by atoms with Gasteiger partial charge in [0.05, 0.1) is 11.0 Å². The molecule has 0 unspecified atom stereocenters. The minimum atomic E-state index is -1.34. The topological polar surface area (TPSA) is 131 Å². The van der Waals surface area contributed by atoms with Crippen LogP contribution in [0.25, 0.3) is 11.0 Å². The quantitative estimate of drug-likeness (QED) is 0.552. The number of aromatic nitrogens is 2. The maximum Gasteiger partial charge on any atom is 0.339 e. The largest absolute Gasteiger partial charge is 0.507 e. The van der Waals surface area contributed by atoms with Gasteiger partial charge in [0, 0.05) is 6.07 Å². The number of carboxylic acid groups (broad SMARTS) is 1. The molecule has 2 aromatic carbocycles. The first-order valence-electron chi connectivity index (χ1n) is 6.20. The van der Waals surface area contributed by atoms with E-state index in [4.69, 9.17) is 5.11 Å². The molecule has 0 spiro atoms. The number of hydrogen-bond acceptors (Lipinski definition) is 6. The predicted octanol–water partition coefficient (Wildman–Crippen LogP) is 3.09. The number of aromatic hydroxyl groups is 2. The Morgan fingerprint density at radius 2 is 1.86 bits per heavy atom. The van der Waals surface area contributed by atoms with Crippen molar-refractivity contribution in [2.24, 2.45) is 10.2 Å². The van der Waals surface area contributed by atoms with Crippen molar-refractivity contribution in [1.29, 1.82) is 0 Å². The van der Waals surface area contributed by atoms with Crippen LogP contribution in [-0.4, -0.2) is 31.3 Å². The molecule has 0 fully saturated rings. The molecule has 22 heavy (non-hydrogen) atoms. The van der Waals surface area contributed by atoms with Gasteiger partial charge in [-0.2, -0.15) is 0 Å². The number of carboxylic acids is 1. The Morgan fingerprint density at radius 1 is 1.09 bits per heavy atom. The van der Waals surface area contributed by atoms with Crippen molar-refractivity contribution in [1.82, 2.24) is 9.97 Å². The molecule has 0 radical (unpaired) electrons. The molecule has 0 atom stereocenters. The first-order valence-corrected chi connectivity index (χ1v) is 6.20. The minimum Gasteiger partial charge on any atom is -0.507 e. The number of azo groups is 1. The molecule has 0 aliphatic rings. The molecule has 0 saturated carbocycles. The summed E-state index contributed by atoms with van der Waals surface area (Å²) in [6, 6.07) is 9.21. The Labute approximate surface area is 123 Å². The van der Waals surface area contributed by atoms with Gasteiger partial charge in [-0.1, -0.05) is 12.1 Å². The third-order valence-electron chi connectivity index (χ3n) is 2.95. The monoisotopic (exact) mass is 298 g/mol. The summed E-state index contributed by atoms with van der Waals surface area (Å²) < 4.78 is 0. The smallest absolute Gasteiger partial charge is 0.339 e. The summed E-state index contributed by atoms with van der Waals surface area (Å²) in [7, 11) is 0. The van der Waals surface area contributed by atoms with E-state index in [0.717, 1.165) is 17.6 Å². The van der Waals surface area contributed by atoms with Crippen molar-refractivity contribution < 1.29 is 20.1 Å². The van der Waals surface area contributed by atoms with Crippen molar-refractivity contribution in [3.05, 3.63) is 42.0 Å². The SMILES string of the molecule is O=C(O)c1cc(N=Nc2nc3ccccc3[nH]2)c(O)cc1O. The van der Waals surface area contributed by atoms with Gasteiger partial charge in [0.25, 0.3) is 0 Å². The highest BCUT2D eigenvalue weighted by molar-refractivity contribution is 5.92. The van der Waals surface area contributed by atoms with E-state index < -0.39 is 11.7 Å². The summed E-state index contributed by atoms with van der Waals surface area (Å²) in [5, 5.41) is 35.6. The number of nitrogens with one attached hydrogen (secondary N) is 1. The second-order valence-corrected chi connectivity index (χ2v) is 4.44. The van der Waals surface area contributed by atoms with Crippen molar-refractivity contribution in [2.45, 2.75) is 0 Å². The molecule has 110 valence electrons. The standard InChI is InChI=1S/C14H10N4O4/c19-11-6-12(20)10(5-7(11)13(21)22)17-18-14-15-8-3-1-2-4-9(8)16-14/h1-6,19-20H,(H,15,16)(H,21,22). The van der Waals surface area contributed by atoms with Gasteiger partial charge in [0.1, 0.15) is 22.7 Å². The number of hydrogen-bond donors (Lipinski definition) is 4. The molecule has 0 saturated heterocycles. The lowest BCUT2D eigenvalue weighted by Crippen LogP contribution is -1.96. The van der Waals surface area contributed by atoms with Crippen molar-refractivity contribution in [2.75, 3.05) is 0 Å². The number of aromatic carboxylic acids is 1. The van der Waals surface area contributed by atoms with Crippen LogP contribution in [0.5, 0.6) is 11.5 Å². The number of fused-ring (bicyclic) bond motifs is 1. The summed E-state index contributed by atoms with van der Waals surface area (Å²) in [6.07, 6.45) is 0. The van der Waals surface area contributed by atoms with Gasteiger partial charge in [-0.3, -0.25) is 0 Å². The first kappa shape index (κ1) is 13.6. The third kappa shape index (κ3) is 2.44. The highest BCUT2D eigenvalue weighted by Gasteiger charge is 2.14. The number of phenols is 2. The van der Waals surface area contributed by atoms with Gasteiger partial charge in [-0.25, -0.2) is 9.78 Å². The third-order valence-corrected chi connectivity index (χ3v) is 2.95. The molecule has 0 aliphatic heterocycles. The number of rotatable bonds is 3. The van der Waals surface area contributed by atoms with Crippen LogP contribution in [-0.2, 0) is 0 Å². The summed E-state index contributed by atoms with van der Waals surface area (Å²) in [4.78, 5) is 18.0. The van der Waals surface area contributed by atoms with Gasteiger partial charge in [0.2, 0.25) is 5.95 Å². The Bertz CT molecular complexity index is 868. The van der Waals surface area contributed by atoms with Crippen LogP contribution in [0, 0.1) is 0 Å². The predicted molar refractivity (Wildman–Crippen MR) is 77.0 cm³/mol. The minimum absolute atomic E-state index is 0.0874. The maximum absolute atomic E-state index is 10.9. The first-order chi connectivity index (χ1) is 10.5. The lowest BCUT2D eigenvalue weighted by molar-refractivity contribution is 0.0694. The van der Waals surface area contributed by atoms with Crippen LogP contribution in [0.4, 0.5) is 11.6 Å². The highest BCUT2D eigenvalue weighted by Crippen LogP contribution is 2.34. The zero-order valence-corrected chi connectivity index (χ0v) is 11.1. The summed E-state index contributed by atoms with van der Waals surface area (Å²) in [5.74, 6) is -2.06. The molecule has 1 heterocycles. The van der Waals surface area contributed by atoms with Gasteiger partial charge < -0.3 is 20.3 Å². The molecule has 0 aliphatic carbocycles. The summed E-state index contributed by atoms with van der Waals surface area (Å²) in [6.45, 7) is 0. The van der Waals surface area contributed by atoms with Gasteiger partial charge in [-0.15, -0.1) is 10.2 Å². The van der Waals surface area contributed by atoms with Crippen LogP contribution < -0.4 is 0 Å². The summed E-state index contributed by atoms with van der Waals surface area (Å²) in [5.41, 5.74) is 1.02. The Morgan fingerprint density at radius 3 is 2.59 bits per heavy atom. The van der Waals surface area contributed by atoms with E-state index in [2.05, 4.69) is 20.2 Å². The van der Waals surface area contributed by atoms with E-state index in [9.17, 15) is 15.0 Å². The molecule has 8 heteroatoms. The molecule has 1 aromatic heterocycles. The Balaban J connectivity index is 1.98. The number of nitrogens with zero attached hydrogens (tertiary/aromatic N) is 3. The van der Waals surface area contributed by atoms with E-state index >= 15 is 0 Å². The molecule has 0 bridgehead atoms. The van der Waals surface area contributed by atoms with Crippen molar-refractivity contribution in [3.63, 3.8) is 0 Å². The van der Waals surface area contributed by atoms with Crippen LogP contribution >= 0.6 is 0 Å². The van der Waals surface area contributed by atoms with Crippen molar-refractivity contribution in [3.8, 4) is 11.5 Å². The van der Waals surface area contributed by atoms with E-state index in [-0.39, 0.29) is 22.9 Å². The fraction of sp³-hybridized carbons (Fsp3) is 0. The fourth-order valence-corrected chi connectivity index (χ4v) is 1.91. The maximum atomic E-state index is 10.9. The summed E-state index contributed by atoms with van der Waals surface area (Å²) >= 11 is 0. The number of benzene rings is 2. The lowest BCUT2D eigenvalue weighted by atomic mass is 10.1. The number of phenolic OH excluding ortho intramolecular Hbond substituents is 1. The molecule has 8 nitrogen and oxygen atoms in total. The van der Waals surface area contributed by atoms with E-state index in [0.29, 0.717) is 5.52 Å². The molecule has 3 rings (SSSR count). The average molecular weight is 298 g/mol. The van der Waals surface area contributed by atoms with Crippen molar-refractivity contribution >= 4 is 28.6 Å². The van der Waals surface area contributed by atoms with E-state index in [1.807, 2.05) is 18.2 Å².